The smallest absolute Gasteiger partial charge is 0.250 e. The topological polar surface area (TPSA) is 85.1 Å². The highest BCUT2D eigenvalue weighted by atomic mass is 35.5. The van der Waals surface area contributed by atoms with Crippen molar-refractivity contribution in [2.45, 2.75) is 10.8 Å². The van der Waals surface area contributed by atoms with Crippen molar-refractivity contribution < 1.29 is 12.9 Å². The van der Waals surface area contributed by atoms with Crippen LogP contribution in [-0.2, 0) is 16.6 Å². The van der Waals surface area contributed by atoms with E-state index in [2.05, 4.69) is 14.9 Å². The molecule has 2 heterocycles. The van der Waals surface area contributed by atoms with E-state index in [1.54, 1.807) is 35.7 Å². The lowest BCUT2D eigenvalue weighted by atomic mass is 10.2. The summed E-state index contributed by atoms with van der Waals surface area (Å²) in [7, 11) is -3.55. The van der Waals surface area contributed by atoms with Gasteiger partial charge in [0.2, 0.25) is 11.7 Å². The third-order valence-electron chi connectivity index (χ3n) is 2.74. The van der Waals surface area contributed by atoms with Gasteiger partial charge in [0.25, 0.3) is 10.0 Å². The quantitative estimate of drug-likeness (QED) is 0.760. The Morgan fingerprint density at radius 2 is 2.00 bits per heavy atom. The molecule has 3 aromatic rings. The Morgan fingerprint density at radius 3 is 2.68 bits per heavy atom. The number of hydrogen-bond donors (Lipinski definition) is 1. The highest BCUT2D eigenvalue weighted by molar-refractivity contribution is 7.91. The van der Waals surface area contributed by atoms with Crippen LogP contribution in [0.1, 0.15) is 5.89 Å². The van der Waals surface area contributed by atoms with Crippen LogP contribution in [0.3, 0.4) is 0 Å². The Bertz CT molecular complexity index is 858. The summed E-state index contributed by atoms with van der Waals surface area (Å²) in [5.41, 5.74) is 0.737. The average Bonchev–Trinajstić information content (AvgIpc) is 3.18. The molecule has 0 fully saturated rings. The Hall–Kier alpha value is -1.74. The number of nitrogens with zero attached hydrogens (tertiary/aromatic N) is 2. The maximum Gasteiger partial charge on any atom is 0.250 e. The minimum Gasteiger partial charge on any atom is -0.338 e. The maximum atomic E-state index is 12.0. The molecule has 9 heteroatoms. The number of benzene rings is 1. The van der Waals surface area contributed by atoms with Crippen LogP contribution in [0.25, 0.3) is 11.4 Å². The summed E-state index contributed by atoms with van der Waals surface area (Å²) in [6, 6.07) is 10.1. The molecule has 0 amide bonds. The fourth-order valence-corrected chi connectivity index (χ4v) is 3.83. The first-order valence-electron chi connectivity index (χ1n) is 6.16. The Morgan fingerprint density at radius 1 is 1.23 bits per heavy atom. The van der Waals surface area contributed by atoms with Gasteiger partial charge < -0.3 is 4.52 Å². The Balaban J connectivity index is 1.71. The minimum absolute atomic E-state index is 0.0686. The molecule has 0 radical (unpaired) electrons. The van der Waals surface area contributed by atoms with Crippen LogP contribution in [-0.4, -0.2) is 18.6 Å². The first kappa shape index (κ1) is 15.2. The summed E-state index contributed by atoms with van der Waals surface area (Å²) < 4.78 is 31.7. The van der Waals surface area contributed by atoms with E-state index < -0.39 is 10.0 Å². The predicted molar refractivity (Wildman–Crippen MR) is 83.1 cm³/mol. The van der Waals surface area contributed by atoms with E-state index in [9.17, 15) is 8.42 Å². The van der Waals surface area contributed by atoms with Crippen LogP contribution in [0, 0.1) is 0 Å². The number of nitrogens with one attached hydrogen (secondary N) is 1. The van der Waals surface area contributed by atoms with E-state index >= 15 is 0 Å². The van der Waals surface area contributed by atoms with Crippen LogP contribution in [0.4, 0.5) is 0 Å². The molecule has 6 nitrogen and oxygen atoms in total. The zero-order valence-corrected chi connectivity index (χ0v) is 13.5. The second-order valence-electron chi connectivity index (χ2n) is 4.28. The summed E-state index contributed by atoms with van der Waals surface area (Å²) in [5, 5.41) is 6.12. The molecule has 3 rings (SSSR count). The molecule has 114 valence electrons. The van der Waals surface area contributed by atoms with Gasteiger partial charge in [-0.2, -0.15) is 4.98 Å². The molecule has 0 aliphatic carbocycles. The summed E-state index contributed by atoms with van der Waals surface area (Å²) in [5.74, 6) is 0.562. The predicted octanol–water partition coefficient (Wildman–Crippen LogP) is 2.93. The molecular weight excluding hydrogens is 346 g/mol. The van der Waals surface area contributed by atoms with Gasteiger partial charge in [-0.15, -0.1) is 11.3 Å². The fraction of sp³-hybridized carbons (Fsp3) is 0.0769. The average molecular weight is 356 g/mol. The first-order valence-corrected chi connectivity index (χ1v) is 8.90. The molecule has 1 N–H and O–H groups in total. The molecule has 0 aliphatic heterocycles. The van der Waals surface area contributed by atoms with Gasteiger partial charge in [0.15, 0.2) is 0 Å². The summed E-state index contributed by atoms with van der Waals surface area (Å²) in [6.07, 6.45) is 0. The molecule has 0 bridgehead atoms. The molecule has 0 saturated heterocycles. The molecule has 0 saturated carbocycles. The van der Waals surface area contributed by atoms with Crippen LogP contribution < -0.4 is 4.72 Å². The van der Waals surface area contributed by atoms with Crippen molar-refractivity contribution >= 4 is 33.0 Å². The van der Waals surface area contributed by atoms with Gasteiger partial charge in [0, 0.05) is 10.6 Å². The van der Waals surface area contributed by atoms with E-state index in [1.165, 1.54) is 6.07 Å². The summed E-state index contributed by atoms with van der Waals surface area (Å²) >= 11 is 6.95. The Labute approximate surface area is 135 Å². The second kappa shape index (κ2) is 6.17. The van der Waals surface area contributed by atoms with E-state index in [1.807, 2.05) is 0 Å². The molecule has 0 atom stereocenters. The lowest BCUT2D eigenvalue weighted by Gasteiger charge is -2.00. The SMILES string of the molecule is O=S(=O)(NCc1nc(-c2ccc(Cl)cc2)no1)c1cccs1. The van der Waals surface area contributed by atoms with E-state index in [4.69, 9.17) is 16.1 Å². The maximum absolute atomic E-state index is 12.0. The molecule has 0 unspecified atom stereocenters. The van der Waals surface area contributed by atoms with Crippen LogP contribution >= 0.6 is 22.9 Å². The van der Waals surface area contributed by atoms with Gasteiger partial charge in [0.1, 0.15) is 4.21 Å². The van der Waals surface area contributed by atoms with E-state index in [-0.39, 0.29) is 16.6 Å². The van der Waals surface area contributed by atoms with Gasteiger partial charge in [-0.1, -0.05) is 22.8 Å². The van der Waals surface area contributed by atoms with Crippen molar-refractivity contribution in [1.82, 2.24) is 14.9 Å². The third kappa shape index (κ3) is 3.36. The van der Waals surface area contributed by atoms with Crippen molar-refractivity contribution in [2.75, 3.05) is 0 Å². The lowest BCUT2D eigenvalue weighted by Crippen LogP contribution is -2.22. The monoisotopic (exact) mass is 355 g/mol. The van der Waals surface area contributed by atoms with Crippen molar-refractivity contribution in [3.8, 4) is 11.4 Å². The van der Waals surface area contributed by atoms with E-state index in [0.717, 1.165) is 16.9 Å². The van der Waals surface area contributed by atoms with E-state index in [0.29, 0.717) is 10.8 Å². The minimum atomic E-state index is -3.55. The van der Waals surface area contributed by atoms with Gasteiger partial charge in [-0.05, 0) is 35.7 Å². The fourth-order valence-electron chi connectivity index (χ4n) is 1.69. The van der Waals surface area contributed by atoms with Crippen LogP contribution in [0.15, 0.2) is 50.5 Å². The van der Waals surface area contributed by atoms with Gasteiger partial charge in [0.05, 0.1) is 6.54 Å². The number of rotatable bonds is 5. The van der Waals surface area contributed by atoms with Crippen molar-refractivity contribution in [2.24, 2.45) is 0 Å². The largest absolute Gasteiger partial charge is 0.338 e. The van der Waals surface area contributed by atoms with Gasteiger partial charge >= 0.3 is 0 Å². The highest BCUT2D eigenvalue weighted by Crippen LogP contribution is 2.19. The van der Waals surface area contributed by atoms with Crippen molar-refractivity contribution in [3.63, 3.8) is 0 Å². The molecular formula is C13H10ClN3O3S2. The number of sulfonamides is 1. The lowest BCUT2D eigenvalue weighted by molar-refractivity contribution is 0.376. The number of thiophene rings is 1. The van der Waals surface area contributed by atoms with Crippen molar-refractivity contribution in [3.05, 3.63) is 52.7 Å². The summed E-state index contributed by atoms with van der Waals surface area (Å²) in [4.78, 5) is 4.15. The number of halogens is 1. The normalized spacial score (nSPS) is 11.7. The van der Waals surface area contributed by atoms with Crippen LogP contribution in [0.2, 0.25) is 5.02 Å². The van der Waals surface area contributed by atoms with Crippen molar-refractivity contribution in [1.29, 1.82) is 0 Å². The molecule has 2 aromatic heterocycles. The second-order valence-corrected chi connectivity index (χ2v) is 7.65. The molecule has 0 aliphatic rings. The van der Waals surface area contributed by atoms with Gasteiger partial charge in [-0.25, -0.2) is 13.1 Å². The number of hydrogen-bond acceptors (Lipinski definition) is 6. The Kier molecular flexibility index (Phi) is 4.25. The first-order chi connectivity index (χ1) is 10.5. The highest BCUT2D eigenvalue weighted by Gasteiger charge is 2.17. The molecule has 0 spiro atoms. The number of aromatic nitrogens is 2. The summed E-state index contributed by atoms with van der Waals surface area (Å²) in [6.45, 7) is -0.0686. The molecule has 1 aromatic carbocycles. The molecule has 22 heavy (non-hydrogen) atoms. The zero-order valence-electron chi connectivity index (χ0n) is 11.1. The van der Waals surface area contributed by atoms with Gasteiger partial charge in [-0.3, -0.25) is 0 Å². The van der Waals surface area contributed by atoms with Crippen LogP contribution in [0.5, 0.6) is 0 Å². The zero-order chi connectivity index (χ0) is 15.6. The third-order valence-corrected chi connectivity index (χ3v) is 5.79. The standard InChI is InChI=1S/C13H10ClN3O3S2/c14-10-5-3-9(4-6-10)13-16-11(20-17-13)8-15-22(18,19)12-2-1-7-21-12/h1-7,15H,8H2.